The molecule has 152 valence electrons. The molecule has 0 atom stereocenters. The summed E-state index contributed by atoms with van der Waals surface area (Å²) in [4.78, 5) is 19.3. The van der Waals surface area contributed by atoms with Crippen LogP contribution in [0.15, 0.2) is 48.7 Å². The van der Waals surface area contributed by atoms with Crippen molar-refractivity contribution in [2.24, 2.45) is 0 Å². The van der Waals surface area contributed by atoms with Crippen molar-refractivity contribution < 1.29 is 4.79 Å². The Labute approximate surface area is 171 Å². The first-order chi connectivity index (χ1) is 13.4. The molecule has 1 aromatic heterocycles. The van der Waals surface area contributed by atoms with Crippen molar-refractivity contribution in [2.75, 3.05) is 6.54 Å². The summed E-state index contributed by atoms with van der Waals surface area (Å²) in [6, 6.07) is 14.7. The van der Waals surface area contributed by atoms with E-state index < -0.39 is 0 Å². The Bertz CT molecular complexity index is 702. The molecule has 0 bridgehead atoms. The van der Waals surface area contributed by atoms with Gasteiger partial charge in [-0.05, 0) is 35.1 Å². The van der Waals surface area contributed by atoms with E-state index in [0.29, 0.717) is 19.5 Å². The molecule has 1 amide bonds. The number of carbonyl (C=O) groups excluding carboxylic acids is 1. The van der Waals surface area contributed by atoms with Crippen LogP contribution in [0.1, 0.15) is 76.6 Å². The van der Waals surface area contributed by atoms with Gasteiger partial charge in [0, 0.05) is 37.8 Å². The Kier molecular flexibility index (Phi) is 8.69. The minimum Gasteiger partial charge on any atom is -0.338 e. The number of aromatic nitrogens is 1. The molecule has 0 spiro atoms. The second kappa shape index (κ2) is 11.0. The third-order valence-corrected chi connectivity index (χ3v) is 5.15. The Morgan fingerprint density at radius 3 is 2.36 bits per heavy atom. The zero-order chi connectivity index (χ0) is 20.4. The summed E-state index contributed by atoms with van der Waals surface area (Å²) in [5, 5.41) is 0. The summed E-state index contributed by atoms with van der Waals surface area (Å²) in [5.74, 6) is 0.256. The molecule has 0 saturated heterocycles. The van der Waals surface area contributed by atoms with Crippen LogP contribution in [-0.2, 0) is 23.2 Å². The summed E-state index contributed by atoms with van der Waals surface area (Å²) in [6.45, 7) is 10.2. The van der Waals surface area contributed by atoms with Crippen molar-refractivity contribution in [1.29, 1.82) is 0 Å². The number of carbonyl (C=O) groups is 1. The highest BCUT2D eigenvalue weighted by molar-refractivity contribution is 5.76. The van der Waals surface area contributed by atoms with Gasteiger partial charge in [-0.1, -0.05) is 77.3 Å². The first kappa shape index (κ1) is 22.1. The molecule has 1 heterocycles. The molecule has 0 fully saturated rings. The van der Waals surface area contributed by atoms with E-state index in [0.717, 1.165) is 25.0 Å². The second-order valence-corrected chi connectivity index (χ2v) is 8.64. The molecule has 0 N–H and O–H groups in total. The fourth-order valence-electron chi connectivity index (χ4n) is 3.28. The normalized spacial score (nSPS) is 11.4. The van der Waals surface area contributed by atoms with Gasteiger partial charge in [-0.25, -0.2) is 0 Å². The summed E-state index contributed by atoms with van der Waals surface area (Å²) in [5.41, 5.74) is 3.69. The number of pyridine rings is 1. The van der Waals surface area contributed by atoms with E-state index >= 15 is 0 Å². The molecule has 0 aliphatic heterocycles. The van der Waals surface area contributed by atoms with Crippen LogP contribution < -0.4 is 0 Å². The number of amides is 1. The molecule has 0 aliphatic carbocycles. The number of rotatable bonds is 10. The fourth-order valence-corrected chi connectivity index (χ4v) is 3.28. The van der Waals surface area contributed by atoms with Crippen LogP contribution in [0.3, 0.4) is 0 Å². The molecule has 0 unspecified atom stereocenters. The Morgan fingerprint density at radius 1 is 1.00 bits per heavy atom. The highest BCUT2D eigenvalue weighted by atomic mass is 16.2. The summed E-state index contributed by atoms with van der Waals surface area (Å²) >= 11 is 0. The number of nitrogens with zero attached hydrogens (tertiary/aromatic N) is 2. The lowest BCUT2D eigenvalue weighted by molar-refractivity contribution is -0.131. The molecule has 0 aliphatic rings. The number of benzene rings is 1. The molecule has 2 rings (SSSR count). The third kappa shape index (κ3) is 7.46. The van der Waals surface area contributed by atoms with E-state index in [-0.39, 0.29) is 11.3 Å². The molecule has 3 heteroatoms. The van der Waals surface area contributed by atoms with Crippen LogP contribution in [0.2, 0.25) is 0 Å². The average Bonchev–Trinajstić information content (AvgIpc) is 2.69. The van der Waals surface area contributed by atoms with Crippen LogP contribution in [0.5, 0.6) is 0 Å². The lowest BCUT2D eigenvalue weighted by Gasteiger charge is -2.24. The van der Waals surface area contributed by atoms with Crippen LogP contribution >= 0.6 is 0 Å². The van der Waals surface area contributed by atoms with E-state index in [2.05, 4.69) is 56.9 Å². The SMILES string of the molecule is CCCCCCC(=O)N(CCc1ccccn1)Cc1ccc(C(C)(C)C)cc1. The van der Waals surface area contributed by atoms with Crippen molar-refractivity contribution in [3.63, 3.8) is 0 Å². The van der Waals surface area contributed by atoms with Crippen molar-refractivity contribution >= 4 is 5.91 Å². The molecular weight excluding hydrogens is 344 g/mol. The van der Waals surface area contributed by atoms with Gasteiger partial charge in [-0.3, -0.25) is 9.78 Å². The van der Waals surface area contributed by atoms with E-state index in [1.807, 2.05) is 29.3 Å². The Morgan fingerprint density at radius 2 is 1.75 bits per heavy atom. The third-order valence-electron chi connectivity index (χ3n) is 5.15. The average molecular weight is 381 g/mol. The molecule has 2 aromatic rings. The maximum Gasteiger partial charge on any atom is 0.222 e. The van der Waals surface area contributed by atoms with E-state index in [9.17, 15) is 4.79 Å². The van der Waals surface area contributed by atoms with Crippen molar-refractivity contribution in [3.05, 3.63) is 65.5 Å². The molecule has 28 heavy (non-hydrogen) atoms. The van der Waals surface area contributed by atoms with Crippen molar-refractivity contribution in [2.45, 2.75) is 78.2 Å². The van der Waals surface area contributed by atoms with E-state index in [1.165, 1.54) is 24.0 Å². The van der Waals surface area contributed by atoms with E-state index in [1.54, 1.807) is 0 Å². The van der Waals surface area contributed by atoms with Gasteiger partial charge in [0.05, 0.1) is 0 Å². The number of hydrogen-bond acceptors (Lipinski definition) is 2. The first-order valence-corrected chi connectivity index (χ1v) is 10.7. The van der Waals surface area contributed by atoms with Gasteiger partial charge in [0.15, 0.2) is 0 Å². The smallest absolute Gasteiger partial charge is 0.222 e. The monoisotopic (exact) mass is 380 g/mol. The predicted molar refractivity (Wildman–Crippen MR) is 117 cm³/mol. The van der Waals surface area contributed by atoms with Crippen LogP contribution in [0.4, 0.5) is 0 Å². The van der Waals surface area contributed by atoms with Crippen LogP contribution in [-0.4, -0.2) is 22.3 Å². The topological polar surface area (TPSA) is 33.2 Å². The van der Waals surface area contributed by atoms with Gasteiger partial charge in [-0.2, -0.15) is 0 Å². The zero-order valence-corrected chi connectivity index (χ0v) is 18.1. The quantitative estimate of drug-likeness (QED) is 0.479. The van der Waals surface area contributed by atoms with Gasteiger partial charge in [0.25, 0.3) is 0 Å². The van der Waals surface area contributed by atoms with Gasteiger partial charge >= 0.3 is 0 Å². The molecule has 0 radical (unpaired) electrons. The van der Waals surface area contributed by atoms with Gasteiger partial charge in [0.2, 0.25) is 5.91 Å². The van der Waals surface area contributed by atoms with E-state index in [4.69, 9.17) is 0 Å². The minimum atomic E-state index is 0.145. The van der Waals surface area contributed by atoms with Gasteiger partial charge in [-0.15, -0.1) is 0 Å². The Balaban J connectivity index is 2.02. The minimum absolute atomic E-state index is 0.145. The maximum atomic E-state index is 12.9. The summed E-state index contributed by atoms with van der Waals surface area (Å²) in [7, 11) is 0. The zero-order valence-electron chi connectivity index (χ0n) is 18.1. The predicted octanol–water partition coefficient (Wildman–Crippen LogP) is 5.92. The van der Waals surface area contributed by atoms with Gasteiger partial charge < -0.3 is 4.90 Å². The van der Waals surface area contributed by atoms with Crippen LogP contribution in [0.25, 0.3) is 0 Å². The maximum absolute atomic E-state index is 12.9. The lowest BCUT2D eigenvalue weighted by Crippen LogP contribution is -2.32. The molecule has 3 nitrogen and oxygen atoms in total. The van der Waals surface area contributed by atoms with Crippen molar-refractivity contribution in [3.8, 4) is 0 Å². The highest BCUT2D eigenvalue weighted by Crippen LogP contribution is 2.22. The lowest BCUT2D eigenvalue weighted by atomic mass is 9.87. The summed E-state index contributed by atoms with van der Waals surface area (Å²) in [6.07, 6.45) is 7.76. The van der Waals surface area contributed by atoms with Crippen LogP contribution in [0, 0.1) is 0 Å². The van der Waals surface area contributed by atoms with Crippen molar-refractivity contribution in [1.82, 2.24) is 9.88 Å². The second-order valence-electron chi connectivity index (χ2n) is 8.64. The number of unbranched alkanes of at least 4 members (excludes halogenated alkanes) is 3. The molecule has 0 saturated carbocycles. The largest absolute Gasteiger partial charge is 0.338 e. The fraction of sp³-hybridized carbons (Fsp3) is 0.520. The number of hydrogen-bond donors (Lipinski definition) is 0. The van der Waals surface area contributed by atoms with Gasteiger partial charge in [0.1, 0.15) is 0 Å². The first-order valence-electron chi connectivity index (χ1n) is 10.7. The highest BCUT2D eigenvalue weighted by Gasteiger charge is 2.16. The standard InChI is InChI=1S/C25H36N2O/c1-5-6-7-8-12-24(28)27(19-17-23-11-9-10-18-26-23)20-21-13-15-22(16-14-21)25(2,3)4/h9-11,13-16,18H,5-8,12,17,19-20H2,1-4H3. The molecule has 1 aromatic carbocycles. The molecular formula is C25H36N2O. The Hall–Kier alpha value is -2.16. The summed E-state index contributed by atoms with van der Waals surface area (Å²) < 4.78 is 0.